The Labute approximate surface area is 108 Å². The summed E-state index contributed by atoms with van der Waals surface area (Å²) in [5.74, 6) is 0.978. The third kappa shape index (κ3) is 2.30. The van der Waals surface area contributed by atoms with Gasteiger partial charge in [0.05, 0.1) is 17.9 Å². The molecular formula is C14H20N4. The first-order valence-electron chi connectivity index (χ1n) is 6.08. The standard InChI is InChI=1S/C14H20N4/c1-17(2)12(9-15)13-10-16-14(18(13)3)11-7-5-4-6-8-11/h4-8,10,12H,9,15H2,1-3H3. The monoisotopic (exact) mass is 244 g/mol. The van der Waals surface area contributed by atoms with Crippen molar-refractivity contribution in [2.75, 3.05) is 20.6 Å². The summed E-state index contributed by atoms with van der Waals surface area (Å²) >= 11 is 0. The highest BCUT2D eigenvalue weighted by Gasteiger charge is 2.18. The second kappa shape index (κ2) is 5.33. The van der Waals surface area contributed by atoms with Gasteiger partial charge in [-0.1, -0.05) is 30.3 Å². The van der Waals surface area contributed by atoms with Gasteiger partial charge in [0.1, 0.15) is 5.82 Å². The zero-order valence-electron chi connectivity index (χ0n) is 11.2. The molecule has 0 saturated heterocycles. The van der Waals surface area contributed by atoms with Crippen LogP contribution in [-0.2, 0) is 7.05 Å². The second-order valence-corrected chi connectivity index (χ2v) is 4.65. The molecule has 0 fully saturated rings. The number of rotatable bonds is 4. The fraction of sp³-hybridized carbons (Fsp3) is 0.357. The lowest BCUT2D eigenvalue weighted by atomic mass is 10.2. The van der Waals surface area contributed by atoms with Crippen molar-refractivity contribution in [3.05, 3.63) is 42.2 Å². The number of nitrogens with two attached hydrogens (primary N) is 1. The van der Waals surface area contributed by atoms with Crippen molar-refractivity contribution < 1.29 is 0 Å². The second-order valence-electron chi connectivity index (χ2n) is 4.65. The number of hydrogen-bond acceptors (Lipinski definition) is 3. The predicted molar refractivity (Wildman–Crippen MR) is 74.1 cm³/mol. The lowest BCUT2D eigenvalue weighted by Crippen LogP contribution is -2.28. The normalized spacial score (nSPS) is 12.9. The van der Waals surface area contributed by atoms with Gasteiger partial charge in [-0.25, -0.2) is 4.98 Å². The van der Waals surface area contributed by atoms with E-state index < -0.39 is 0 Å². The van der Waals surface area contributed by atoms with E-state index in [-0.39, 0.29) is 6.04 Å². The van der Waals surface area contributed by atoms with E-state index in [9.17, 15) is 0 Å². The Hall–Kier alpha value is -1.65. The molecule has 1 atom stereocenters. The molecule has 1 heterocycles. The van der Waals surface area contributed by atoms with Crippen molar-refractivity contribution in [1.82, 2.24) is 14.5 Å². The molecule has 2 aromatic rings. The van der Waals surface area contributed by atoms with Crippen LogP contribution >= 0.6 is 0 Å². The number of hydrogen-bond donors (Lipinski definition) is 1. The Balaban J connectivity index is 2.40. The van der Waals surface area contributed by atoms with Crippen LogP contribution in [0.25, 0.3) is 11.4 Å². The largest absolute Gasteiger partial charge is 0.330 e. The maximum atomic E-state index is 5.84. The molecule has 96 valence electrons. The van der Waals surface area contributed by atoms with Crippen LogP contribution < -0.4 is 5.73 Å². The van der Waals surface area contributed by atoms with Crippen molar-refractivity contribution in [3.63, 3.8) is 0 Å². The molecule has 0 aliphatic heterocycles. The van der Waals surface area contributed by atoms with Gasteiger partial charge in [0, 0.05) is 19.2 Å². The van der Waals surface area contributed by atoms with E-state index in [2.05, 4.69) is 26.6 Å². The highest BCUT2D eigenvalue weighted by atomic mass is 15.2. The summed E-state index contributed by atoms with van der Waals surface area (Å²) in [6.07, 6.45) is 1.92. The maximum absolute atomic E-state index is 5.84. The van der Waals surface area contributed by atoms with E-state index in [0.29, 0.717) is 6.54 Å². The average Bonchev–Trinajstić information content (AvgIpc) is 2.73. The van der Waals surface area contributed by atoms with Gasteiger partial charge in [0.15, 0.2) is 0 Å². The molecule has 0 radical (unpaired) electrons. The molecule has 1 aromatic heterocycles. The van der Waals surface area contributed by atoms with E-state index in [1.54, 1.807) is 0 Å². The van der Waals surface area contributed by atoms with Gasteiger partial charge in [-0.05, 0) is 14.1 Å². The minimum absolute atomic E-state index is 0.194. The predicted octanol–water partition coefficient (Wildman–Crippen LogP) is 1.65. The van der Waals surface area contributed by atoms with Crippen LogP contribution in [0.4, 0.5) is 0 Å². The van der Waals surface area contributed by atoms with E-state index in [0.717, 1.165) is 17.1 Å². The van der Waals surface area contributed by atoms with Crippen LogP contribution in [0.5, 0.6) is 0 Å². The minimum Gasteiger partial charge on any atom is -0.330 e. The molecule has 0 aliphatic rings. The molecule has 0 aliphatic carbocycles. The van der Waals surface area contributed by atoms with Crippen LogP contribution in [0.3, 0.4) is 0 Å². The number of aromatic nitrogens is 2. The van der Waals surface area contributed by atoms with Crippen molar-refractivity contribution in [2.24, 2.45) is 12.8 Å². The molecule has 4 nitrogen and oxygen atoms in total. The summed E-state index contributed by atoms with van der Waals surface area (Å²) in [6, 6.07) is 10.4. The van der Waals surface area contributed by atoms with Crippen LogP contribution in [0, 0.1) is 0 Å². The highest BCUT2D eigenvalue weighted by molar-refractivity contribution is 5.55. The smallest absolute Gasteiger partial charge is 0.139 e. The minimum atomic E-state index is 0.194. The maximum Gasteiger partial charge on any atom is 0.139 e. The Morgan fingerprint density at radius 2 is 1.94 bits per heavy atom. The molecule has 0 saturated carbocycles. The Morgan fingerprint density at radius 1 is 1.28 bits per heavy atom. The quantitative estimate of drug-likeness (QED) is 0.889. The van der Waals surface area contributed by atoms with Crippen LogP contribution in [0.1, 0.15) is 11.7 Å². The highest BCUT2D eigenvalue weighted by Crippen LogP contribution is 2.23. The Morgan fingerprint density at radius 3 is 2.50 bits per heavy atom. The van der Waals surface area contributed by atoms with Crippen molar-refractivity contribution in [2.45, 2.75) is 6.04 Å². The number of nitrogens with zero attached hydrogens (tertiary/aromatic N) is 3. The van der Waals surface area contributed by atoms with Gasteiger partial charge in [-0.15, -0.1) is 0 Å². The molecule has 2 N–H and O–H groups in total. The van der Waals surface area contributed by atoms with E-state index >= 15 is 0 Å². The number of likely N-dealkylation sites (N-methyl/N-ethyl adjacent to an activating group) is 1. The molecule has 1 aromatic carbocycles. The summed E-state index contributed by atoms with van der Waals surface area (Å²) < 4.78 is 2.12. The molecule has 0 bridgehead atoms. The summed E-state index contributed by atoms with van der Waals surface area (Å²) in [5.41, 5.74) is 8.11. The van der Waals surface area contributed by atoms with Gasteiger partial charge in [0.25, 0.3) is 0 Å². The first kappa shape index (κ1) is 12.8. The van der Waals surface area contributed by atoms with Gasteiger partial charge in [0.2, 0.25) is 0 Å². The Bertz CT molecular complexity index is 502. The lowest BCUT2D eigenvalue weighted by molar-refractivity contribution is 0.295. The topological polar surface area (TPSA) is 47.1 Å². The van der Waals surface area contributed by atoms with E-state index in [4.69, 9.17) is 5.73 Å². The van der Waals surface area contributed by atoms with Gasteiger partial charge >= 0.3 is 0 Å². The molecule has 0 spiro atoms. The van der Waals surface area contributed by atoms with Crippen molar-refractivity contribution in [3.8, 4) is 11.4 Å². The summed E-state index contributed by atoms with van der Waals surface area (Å²) in [6.45, 7) is 0.584. The van der Waals surface area contributed by atoms with Crippen LogP contribution in [-0.4, -0.2) is 35.1 Å². The fourth-order valence-electron chi connectivity index (χ4n) is 2.18. The summed E-state index contributed by atoms with van der Waals surface area (Å²) in [4.78, 5) is 6.63. The van der Waals surface area contributed by atoms with E-state index in [1.807, 2.05) is 45.5 Å². The first-order chi connectivity index (χ1) is 8.65. The molecule has 4 heteroatoms. The summed E-state index contributed by atoms with van der Waals surface area (Å²) in [7, 11) is 6.11. The number of benzene rings is 1. The zero-order valence-corrected chi connectivity index (χ0v) is 11.2. The Kier molecular flexibility index (Phi) is 3.79. The van der Waals surface area contributed by atoms with Crippen molar-refractivity contribution >= 4 is 0 Å². The summed E-state index contributed by atoms with van der Waals surface area (Å²) in [5, 5.41) is 0. The molecule has 0 amide bonds. The van der Waals surface area contributed by atoms with Crippen LogP contribution in [0.15, 0.2) is 36.5 Å². The van der Waals surface area contributed by atoms with E-state index in [1.165, 1.54) is 0 Å². The van der Waals surface area contributed by atoms with Gasteiger partial charge < -0.3 is 10.3 Å². The number of imidazole rings is 1. The molecule has 1 unspecified atom stereocenters. The average molecular weight is 244 g/mol. The van der Waals surface area contributed by atoms with Gasteiger partial charge in [-0.3, -0.25) is 4.90 Å². The van der Waals surface area contributed by atoms with Crippen molar-refractivity contribution in [1.29, 1.82) is 0 Å². The van der Waals surface area contributed by atoms with Crippen LogP contribution in [0.2, 0.25) is 0 Å². The fourth-order valence-corrected chi connectivity index (χ4v) is 2.18. The molecule has 18 heavy (non-hydrogen) atoms. The lowest BCUT2D eigenvalue weighted by Gasteiger charge is -2.23. The SMILES string of the molecule is CN(C)C(CN)c1cnc(-c2ccccc2)n1C. The third-order valence-electron chi connectivity index (χ3n) is 3.24. The third-order valence-corrected chi connectivity index (χ3v) is 3.24. The molecular weight excluding hydrogens is 224 g/mol. The van der Waals surface area contributed by atoms with Gasteiger partial charge in [-0.2, -0.15) is 0 Å². The molecule has 2 rings (SSSR count). The first-order valence-corrected chi connectivity index (χ1v) is 6.08. The zero-order chi connectivity index (χ0) is 13.1.